The summed E-state index contributed by atoms with van der Waals surface area (Å²) in [7, 11) is 4.07. The van der Waals surface area contributed by atoms with Gasteiger partial charge in [-0.15, -0.1) is 0 Å². The van der Waals surface area contributed by atoms with Crippen molar-refractivity contribution in [3.05, 3.63) is 56.3 Å². The number of hydrogen-bond donors (Lipinski definition) is 0. The summed E-state index contributed by atoms with van der Waals surface area (Å²) in [6, 6.07) is 12.2. The van der Waals surface area contributed by atoms with Gasteiger partial charge < -0.3 is 0 Å². The number of benzene rings is 1. The van der Waals surface area contributed by atoms with Gasteiger partial charge in [0.1, 0.15) is 0 Å². The summed E-state index contributed by atoms with van der Waals surface area (Å²) in [5.74, 6) is 6.55. The summed E-state index contributed by atoms with van der Waals surface area (Å²) < 4.78 is 2.43. The van der Waals surface area contributed by atoms with Crippen LogP contribution in [0.1, 0.15) is 11.1 Å². The molecule has 2 nitrogen and oxygen atoms in total. The zero-order valence-corrected chi connectivity index (χ0v) is 15.4. The van der Waals surface area contributed by atoms with E-state index in [4.69, 9.17) is 11.6 Å². The number of fused-ring (bicyclic) bond motifs is 1. The van der Waals surface area contributed by atoms with Crippen LogP contribution in [0.4, 0.5) is 5.69 Å². The van der Waals surface area contributed by atoms with Gasteiger partial charge in [0.15, 0.2) is 0 Å². The summed E-state index contributed by atoms with van der Waals surface area (Å²) in [6.45, 7) is 0. The Labute approximate surface area is 140 Å². The molecule has 102 valence electrons. The van der Waals surface area contributed by atoms with Crippen LogP contribution < -0.4 is 8.61 Å². The molecule has 0 saturated heterocycles. The molecule has 0 amide bonds. The van der Waals surface area contributed by atoms with Crippen LogP contribution in [-0.2, 0) is 0 Å². The molecule has 4 heteroatoms. The van der Waals surface area contributed by atoms with Crippen LogP contribution in [0.5, 0.6) is 0 Å². The fraction of sp³-hybridized carbons (Fsp3) is 0.118. The van der Waals surface area contributed by atoms with E-state index in [2.05, 4.69) is 52.1 Å². The van der Waals surface area contributed by atoms with E-state index in [9.17, 15) is 0 Å². The third kappa shape index (κ3) is 3.42. The Hall–Kier alpha value is -1.44. The number of allylic oxidation sites excluding steroid dienone is 1. The van der Waals surface area contributed by atoms with Gasteiger partial charge in [-0.05, 0) is 0 Å². The Kier molecular flexibility index (Phi) is 4.23. The predicted molar refractivity (Wildman–Crippen MR) is 90.3 cm³/mol. The fourth-order valence-corrected chi connectivity index (χ4v) is 5.48. The molecule has 0 spiro atoms. The number of hydrogen-bond acceptors (Lipinski definition) is 2. The van der Waals surface area contributed by atoms with E-state index in [0.29, 0.717) is 5.15 Å². The Morgan fingerprint density at radius 1 is 1.05 bits per heavy atom. The van der Waals surface area contributed by atoms with Gasteiger partial charge in [-0.2, -0.15) is 0 Å². The molecule has 0 fully saturated rings. The molecule has 0 atom stereocenters. The number of aromatic nitrogens is 1. The van der Waals surface area contributed by atoms with E-state index < -0.39 is 21.1 Å². The molecule has 2 heterocycles. The molecule has 1 aromatic carbocycles. The molecule has 1 aliphatic heterocycles. The maximum atomic E-state index is 5.94. The summed E-state index contributed by atoms with van der Waals surface area (Å²) in [5.41, 5.74) is 3.42. The molecule has 0 saturated carbocycles. The average molecular weight is 399 g/mol. The van der Waals surface area contributed by atoms with E-state index in [-0.39, 0.29) is 0 Å². The SMILES string of the molecule is CN(C)c1ccc(C#C[C]2=Cc3ccc(Cl)n[c]3[Sn]2)cc1. The van der Waals surface area contributed by atoms with E-state index in [1.54, 1.807) is 0 Å². The Bertz CT molecular complexity index is 768. The third-order valence-corrected chi connectivity index (χ3v) is 6.74. The Morgan fingerprint density at radius 3 is 2.52 bits per heavy atom. The Morgan fingerprint density at radius 2 is 1.81 bits per heavy atom. The second-order valence-electron chi connectivity index (χ2n) is 4.95. The van der Waals surface area contributed by atoms with Crippen LogP contribution in [0.3, 0.4) is 0 Å². The quantitative estimate of drug-likeness (QED) is 0.416. The molecule has 21 heavy (non-hydrogen) atoms. The van der Waals surface area contributed by atoms with Gasteiger partial charge in [0.05, 0.1) is 0 Å². The van der Waals surface area contributed by atoms with Gasteiger partial charge in [-0.3, -0.25) is 0 Å². The molecule has 0 bridgehead atoms. The number of rotatable bonds is 1. The number of pyridine rings is 1. The Balaban J connectivity index is 1.77. The van der Waals surface area contributed by atoms with Crippen molar-refractivity contribution < 1.29 is 0 Å². The minimum atomic E-state index is -0.867. The maximum absolute atomic E-state index is 5.94. The molecule has 2 radical (unpaired) electrons. The molecule has 3 rings (SSSR count). The third-order valence-electron chi connectivity index (χ3n) is 3.17. The van der Waals surface area contributed by atoms with Crippen LogP contribution in [0, 0.1) is 11.8 Å². The van der Waals surface area contributed by atoms with Crippen molar-refractivity contribution in [3.63, 3.8) is 0 Å². The van der Waals surface area contributed by atoms with Gasteiger partial charge in [-0.25, -0.2) is 0 Å². The molecule has 2 aromatic rings. The zero-order chi connectivity index (χ0) is 14.8. The van der Waals surface area contributed by atoms with E-state index in [1.807, 2.05) is 26.2 Å². The first-order chi connectivity index (χ1) is 10.1. The van der Waals surface area contributed by atoms with Crippen molar-refractivity contribution in [2.45, 2.75) is 0 Å². The first kappa shape index (κ1) is 14.5. The minimum absolute atomic E-state index is 0.580. The monoisotopic (exact) mass is 400 g/mol. The average Bonchev–Trinajstić information content (AvgIpc) is 2.87. The number of nitrogens with zero attached hydrogens (tertiary/aromatic N) is 2. The second-order valence-corrected chi connectivity index (χ2v) is 8.94. The van der Waals surface area contributed by atoms with Gasteiger partial charge in [0.2, 0.25) is 0 Å². The standard InChI is InChI=1S/C17H13ClN2.Sn/c1-20(2)16-10-7-14(8-11-16)5-3-4-6-15-9-12-17(18)19-13-15;/h6-12H,1-2H3;. The summed E-state index contributed by atoms with van der Waals surface area (Å²) in [4.78, 5) is 6.49. The number of halogens is 1. The van der Waals surface area contributed by atoms with Crippen LogP contribution in [0.2, 0.25) is 5.15 Å². The molecule has 0 N–H and O–H groups in total. The van der Waals surface area contributed by atoms with Gasteiger partial charge in [0.25, 0.3) is 0 Å². The van der Waals surface area contributed by atoms with Crippen molar-refractivity contribution in [1.29, 1.82) is 0 Å². The molecule has 1 aliphatic rings. The van der Waals surface area contributed by atoms with E-state index in [0.717, 1.165) is 5.56 Å². The van der Waals surface area contributed by atoms with Crippen LogP contribution in [-0.4, -0.2) is 40.2 Å². The fourth-order valence-electron chi connectivity index (χ4n) is 2.03. The molecule has 1 aromatic heterocycles. The summed E-state index contributed by atoms with van der Waals surface area (Å²) >= 11 is 5.07. The van der Waals surface area contributed by atoms with Crippen LogP contribution in [0.25, 0.3) is 6.08 Å². The number of anilines is 1. The summed E-state index contributed by atoms with van der Waals surface area (Å²) in [5, 5.41) is 0.580. The van der Waals surface area contributed by atoms with Crippen molar-refractivity contribution in [2.75, 3.05) is 19.0 Å². The zero-order valence-electron chi connectivity index (χ0n) is 11.8. The normalized spacial score (nSPS) is 12.2. The molecule has 0 unspecified atom stereocenters. The predicted octanol–water partition coefficient (Wildman–Crippen LogP) is 2.54. The van der Waals surface area contributed by atoms with Crippen molar-refractivity contribution >= 4 is 48.2 Å². The molecular formula is C17H13ClN2Sn. The second kappa shape index (κ2) is 6.13. The van der Waals surface area contributed by atoms with E-state index in [1.165, 1.54) is 18.5 Å². The van der Waals surface area contributed by atoms with Crippen LogP contribution in [0.15, 0.2) is 40.0 Å². The van der Waals surface area contributed by atoms with Crippen molar-refractivity contribution in [1.82, 2.24) is 4.98 Å². The first-order valence-corrected chi connectivity index (χ1v) is 9.80. The van der Waals surface area contributed by atoms with Gasteiger partial charge >= 0.3 is 140 Å². The topological polar surface area (TPSA) is 16.1 Å². The molecular weight excluding hydrogens is 386 g/mol. The molecule has 0 aliphatic carbocycles. The van der Waals surface area contributed by atoms with Crippen LogP contribution >= 0.6 is 11.6 Å². The van der Waals surface area contributed by atoms with Crippen molar-refractivity contribution in [3.8, 4) is 11.8 Å². The summed E-state index contributed by atoms with van der Waals surface area (Å²) in [6.07, 6.45) is 2.16. The van der Waals surface area contributed by atoms with Gasteiger partial charge in [0, 0.05) is 0 Å². The van der Waals surface area contributed by atoms with Gasteiger partial charge in [-0.1, -0.05) is 0 Å². The van der Waals surface area contributed by atoms with E-state index >= 15 is 0 Å². The van der Waals surface area contributed by atoms with Crippen molar-refractivity contribution in [2.24, 2.45) is 0 Å². The first-order valence-electron chi connectivity index (χ1n) is 6.56.